The maximum Gasteiger partial charge on any atom is 0.124 e. The van der Waals surface area contributed by atoms with Gasteiger partial charge in [0.2, 0.25) is 0 Å². The number of benzene rings is 1. The van der Waals surface area contributed by atoms with E-state index in [1.54, 1.807) is 7.11 Å². The summed E-state index contributed by atoms with van der Waals surface area (Å²) in [5, 5.41) is 0. The van der Waals surface area contributed by atoms with Crippen molar-refractivity contribution in [3.05, 3.63) is 23.8 Å². The lowest BCUT2D eigenvalue weighted by molar-refractivity contribution is 0.407. The van der Waals surface area contributed by atoms with Gasteiger partial charge in [-0.25, -0.2) is 0 Å². The first-order valence-corrected chi connectivity index (χ1v) is 4.56. The molecule has 0 aromatic heterocycles. The van der Waals surface area contributed by atoms with Crippen LogP contribution in [0.3, 0.4) is 0 Å². The fourth-order valence-electron chi connectivity index (χ4n) is 1.37. The van der Waals surface area contributed by atoms with Crippen LogP contribution in [0.4, 0.5) is 5.69 Å². The van der Waals surface area contributed by atoms with Gasteiger partial charge in [0.05, 0.1) is 7.11 Å². The first-order valence-electron chi connectivity index (χ1n) is 4.56. The van der Waals surface area contributed by atoms with E-state index in [9.17, 15) is 0 Å². The number of anilines is 1. The molecule has 0 unspecified atom stereocenters. The monoisotopic (exact) mass is 179 g/mol. The lowest BCUT2D eigenvalue weighted by Gasteiger charge is -2.10. The van der Waals surface area contributed by atoms with Gasteiger partial charge in [0, 0.05) is 11.8 Å². The summed E-state index contributed by atoms with van der Waals surface area (Å²) < 4.78 is 5.25. The lowest BCUT2D eigenvalue weighted by atomic mass is 10.0. The Morgan fingerprint density at radius 1 is 1.38 bits per heavy atom. The first-order chi connectivity index (χ1) is 6.13. The number of hydrogen-bond donors (Lipinski definition) is 1. The van der Waals surface area contributed by atoms with Crippen LogP contribution in [0.25, 0.3) is 0 Å². The molecule has 0 saturated carbocycles. The van der Waals surface area contributed by atoms with Crippen LogP contribution in [0.5, 0.6) is 5.75 Å². The molecule has 2 N–H and O–H groups in total. The number of hydrogen-bond acceptors (Lipinski definition) is 2. The molecule has 2 heteroatoms. The molecule has 0 atom stereocenters. The molecule has 1 aromatic carbocycles. The van der Waals surface area contributed by atoms with Crippen LogP contribution in [0, 0.1) is 5.92 Å². The molecule has 0 aliphatic carbocycles. The van der Waals surface area contributed by atoms with E-state index in [1.807, 2.05) is 18.2 Å². The molecule has 0 saturated heterocycles. The van der Waals surface area contributed by atoms with Crippen LogP contribution in [0.2, 0.25) is 0 Å². The summed E-state index contributed by atoms with van der Waals surface area (Å²) in [5.74, 6) is 1.53. The second-order valence-electron chi connectivity index (χ2n) is 3.67. The quantitative estimate of drug-likeness (QED) is 0.723. The predicted octanol–water partition coefficient (Wildman–Crippen LogP) is 2.48. The lowest BCUT2D eigenvalue weighted by Crippen LogP contribution is -1.98. The van der Waals surface area contributed by atoms with Gasteiger partial charge in [-0.15, -0.1) is 0 Å². The number of nitrogen functional groups attached to an aromatic ring is 1. The summed E-state index contributed by atoms with van der Waals surface area (Å²) in [6.45, 7) is 4.38. The standard InChI is InChI=1S/C11H17NO/c1-8(2)6-9-4-5-10(12)7-11(9)13-3/h4-5,7-8H,6,12H2,1-3H3. The second kappa shape index (κ2) is 4.17. The van der Waals surface area contributed by atoms with Crippen molar-refractivity contribution in [2.75, 3.05) is 12.8 Å². The summed E-state index contributed by atoms with van der Waals surface area (Å²) in [7, 11) is 1.68. The maximum absolute atomic E-state index is 5.65. The molecular formula is C11H17NO. The Bertz CT molecular complexity index is 281. The molecule has 0 amide bonds. The summed E-state index contributed by atoms with van der Waals surface area (Å²) >= 11 is 0. The SMILES string of the molecule is COc1cc(N)ccc1CC(C)C. The summed E-state index contributed by atoms with van der Waals surface area (Å²) in [4.78, 5) is 0. The molecule has 1 rings (SSSR count). The van der Waals surface area contributed by atoms with Gasteiger partial charge >= 0.3 is 0 Å². The van der Waals surface area contributed by atoms with Crippen molar-refractivity contribution in [1.82, 2.24) is 0 Å². The molecule has 0 heterocycles. The van der Waals surface area contributed by atoms with E-state index in [1.165, 1.54) is 5.56 Å². The van der Waals surface area contributed by atoms with Crippen LogP contribution >= 0.6 is 0 Å². The third kappa shape index (κ3) is 2.65. The van der Waals surface area contributed by atoms with Crippen LogP contribution < -0.4 is 10.5 Å². The van der Waals surface area contributed by atoms with E-state index in [0.29, 0.717) is 5.92 Å². The van der Waals surface area contributed by atoms with Crippen molar-refractivity contribution in [1.29, 1.82) is 0 Å². The molecule has 0 radical (unpaired) electrons. The molecule has 1 aromatic rings. The smallest absolute Gasteiger partial charge is 0.124 e. The number of nitrogens with two attached hydrogens (primary N) is 1. The van der Waals surface area contributed by atoms with Gasteiger partial charge < -0.3 is 10.5 Å². The Labute approximate surface area is 79.7 Å². The van der Waals surface area contributed by atoms with Crippen molar-refractivity contribution >= 4 is 5.69 Å². The zero-order valence-electron chi connectivity index (χ0n) is 8.50. The van der Waals surface area contributed by atoms with Crippen LogP contribution in [-0.2, 0) is 6.42 Å². The van der Waals surface area contributed by atoms with Crippen molar-refractivity contribution in [3.63, 3.8) is 0 Å². The summed E-state index contributed by atoms with van der Waals surface area (Å²) in [6, 6.07) is 5.83. The Hall–Kier alpha value is -1.18. The van der Waals surface area contributed by atoms with Crippen molar-refractivity contribution < 1.29 is 4.74 Å². The normalized spacial score (nSPS) is 10.5. The van der Waals surface area contributed by atoms with Gasteiger partial charge in [-0.2, -0.15) is 0 Å². The van der Waals surface area contributed by atoms with Crippen LogP contribution in [0.1, 0.15) is 19.4 Å². The van der Waals surface area contributed by atoms with Crippen molar-refractivity contribution in [3.8, 4) is 5.75 Å². The molecule has 72 valence electrons. The summed E-state index contributed by atoms with van der Waals surface area (Å²) in [5.41, 5.74) is 7.64. The van der Waals surface area contributed by atoms with Gasteiger partial charge in [0.1, 0.15) is 5.75 Å². The molecular weight excluding hydrogens is 162 g/mol. The summed E-state index contributed by atoms with van der Waals surface area (Å²) in [6.07, 6.45) is 1.03. The number of ether oxygens (including phenoxy) is 1. The average molecular weight is 179 g/mol. The van der Waals surface area contributed by atoms with Crippen LogP contribution in [-0.4, -0.2) is 7.11 Å². The van der Waals surface area contributed by atoms with Crippen molar-refractivity contribution in [2.24, 2.45) is 5.92 Å². The molecule has 0 aliphatic rings. The number of methoxy groups -OCH3 is 1. The molecule has 0 spiro atoms. The Morgan fingerprint density at radius 3 is 2.62 bits per heavy atom. The zero-order chi connectivity index (χ0) is 9.84. The minimum absolute atomic E-state index is 0.637. The molecule has 0 fully saturated rings. The highest BCUT2D eigenvalue weighted by molar-refractivity contribution is 5.48. The Morgan fingerprint density at radius 2 is 2.08 bits per heavy atom. The van der Waals surface area contributed by atoms with Gasteiger partial charge in [-0.3, -0.25) is 0 Å². The predicted molar refractivity (Wildman–Crippen MR) is 55.9 cm³/mol. The van der Waals surface area contributed by atoms with E-state index in [2.05, 4.69) is 13.8 Å². The first kappa shape index (κ1) is 9.90. The largest absolute Gasteiger partial charge is 0.496 e. The third-order valence-corrected chi connectivity index (χ3v) is 1.94. The van der Waals surface area contributed by atoms with E-state index < -0.39 is 0 Å². The topological polar surface area (TPSA) is 35.2 Å². The van der Waals surface area contributed by atoms with Gasteiger partial charge in [-0.05, 0) is 24.0 Å². The maximum atomic E-state index is 5.65. The molecule has 2 nitrogen and oxygen atoms in total. The average Bonchev–Trinajstić information content (AvgIpc) is 2.07. The minimum atomic E-state index is 0.637. The van der Waals surface area contributed by atoms with E-state index >= 15 is 0 Å². The highest BCUT2D eigenvalue weighted by Crippen LogP contribution is 2.23. The van der Waals surface area contributed by atoms with E-state index in [4.69, 9.17) is 10.5 Å². The molecule has 0 bridgehead atoms. The second-order valence-corrected chi connectivity index (χ2v) is 3.67. The van der Waals surface area contributed by atoms with Crippen LogP contribution in [0.15, 0.2) is 18.2 Å². The van der Waals surface area contributed by atoms with Gasteiger partial charge in [0.15, 0.2) is 0 Å². The van der Waals surface area contributed by atoms with E-state index in [0.717, 1.165) is 17.9 Å². The highest BCUT2D eigenvalue weighted by Gasteiger charge is 2.04. The van der Waals surface area contributed by atoms with Gasteiger partial charge in [-0.1, -0.05) is 19.9 Å². The molecule has 13 heavy (non-hydrogen) atoms. The number of rotatable bonds is 3. The highest BCUT2D eigenvalue weighted by atomic mass is 16.5. The fourth-order valence-corrected chi connectivity index (χ4v) is 1.37. The zero-order valence-corrected chi connectivity index (χ0v) is 8.50. The fraction of sp³-hybridized carbons (Fsp3) is 0.455. The molecule has 0 aliphatic heterocycles. The van der Waals surface area contributed by atoms with Crippen molar-refractivity contribution in [2.45, 2.75) is 20.3 Å². The Kier molecular flexibility index (Phi) is 3.18. The van der Waals surface area contributed by atoms with Gasteiger partial charge in [0.25, 0.3) is 0 Å². The Balaban J connectivity index is 2.92. The minimum Gasteiger partial charge on any atom is -0.496 e. The van der Waals surface area contributed by atoms with E-state index in [-0.39, 0.29) is 0 Å². The third-order valence-electron chi connectivity index (χ3n) is 1.94.